The minimum absolute atomic E-state index is 0.0649. The number of nitrogens with zero attached hydrogens (tertiary/aromatic N) is 1. The Kier molecular flexibility index (Phi) is 5.71. The van der Waals surface area contributed by atoms with E-state index in [1.54, 1.807) is 0 Å². The van der Waals surface area contributed by atoms with Crippen LogP contribution >= 0.6 is 22.6 Å². The number of guanidine groups is 1. The zero-order valence-electron chi connectivity index (χ0n) is 11.0. The van der Waals surface area contributed by atoms with Gasteiger partial charge in [-0.3, -0.25) is 0 Å². The number of aliphatic imine (C=N–C) groups is 1. The van der Waals surface area contributed by atoms with Crippen molar-refractivity contribution in [1.82, 2.24) is 5.32 Å². The van der Waals surface area contributed by atoms with Crippen LogP contribution in [0.5, 0.6) is 5.75 Å². The van der Waals surface area contributed by atoms with E-state index in [2.05, 4.69) is 32.9 Å². The van der Waals surface area contributed by atoms with Crippen molar-refractivity contribution in [2.75, 3.05) is 13.2 Å². The standard InChI is InChI=1S/C13H20IN3O/c1-13(2,3)17-12(15)16-8-9-18-11-6-4-10(14)5-7-11/h4-7H,8-9H2,1-3H3,(H3,15,16,17). The van der Waals surface area contributed by atoms with Crippen molar-refractivity contribution >= 4 is 28.6 Å². The van der Waals surface area contributed by atoms with Crippen LogP contribution in [0.2, 0.25) is 0 Å². The smallest absolute Gasteiger partial charge is 0.189 e. The maximum Gasteiger partial charge on any atom is 0.189 e. The fourth-order valence-electron chi connectivity index (χ4n) is 1.28. The van der Waals surface area contributed by atoms with Gasteiger partial charge in [-0.1, -0.05) is 0 Å². The third-order valence-electron chi connectivity index (χ3n) is 1.96. The predicted octanol–water partition coefficient (Wildman–Crippen LogP) is 2.37. The summed E-state index contributed by atoms with van der Waals surface area (Å²) >= 11 is 2.26. The highest BCUT2D eigenvalue weighted by Crippen LogP contribution is 2.13. The second-order valence-corrected chi connectivity index (χ2v) is 6.19. The molecular formula is C13H20IN3O. The lowest BCUT2D eigenvalue weighted by Crippen LogP contribution is -2.45. The first-order chi connectivity index (χ1) is 8.37. The third kappa shape index (κ3) is 6.68. The first-order valence-electron chi connectivity index (χ1n) is 5.83. The van der Waals surface area contributed by atoms with Gasteiger partial charge in [0.25, 0.3) is 0 Å². The minimum Gasteiger partial charge on any atom is -0.492 e. The number of halogens is 1. The Bertz CT molecular complexity index is 396. The van der Waals surface area contributed by atoms with Crippen LogP contribution in [0.3, 0.4) is 0 Å². The Labute approximate surface area is 122 Å². The summed E-state index contributed by atoms with van der Waals surface area (Å²) in [6.07, 6.45) is 0. The lowest BCUT2D eigenvalue weighted by atomic mass is 10.1. The van der Waals surface area contributed by atoms with E-state index in [-0.39, 0.29) is 5.54 Å². The number of rotatable bonds is 4. The Morgan fingerprint density at radius 3 is 2.50 bits per heavy atom. The molecule has 0 aromatic heterocycles. The van der Waals surface area contributed by atoms with Crippen LogP contribution in [0.15, 0.2) is 29.3 Å². The van der Waals surface area contributed by atoms with Crippen LogP contribution in [0.25, 0.3) is 0 Å². The lowest BCUT2D eigenvalue weighted by molar-refractivity contribution is 0.328. The highest BCUT2D eigenvalue weighted by Gasteiger charge is 2.09. The van der Waals surface area contributed by atoms with Gasteiger partial charge in [0.15, 0.2) is 5.96 Å². The molecule has 1 aromatic carbocycles. The summed E-state index contributed by atoms with van der Waals surface area (Å²) in [4.78, 5) is 4.20. The molecule has 0 amide bonds. The Morgan fingerprint density at radius 2 is 1.94 bits per heavy atom. The van der Waals surface area contributed by atoms with E-state index in [9.17, 15) is 0 Å². The van der Waals surface area contributed by atoms with E-state index < -0.39 is 0 Å². The van der Waals surface area contributed by atoms with E-state index in [0.29, 0.717) is 19.1 Å². The van der Waals surface area contributed by atoms with Crippen LogP contribution in [0, 0.1) is 3.57 Å². The van der Waals surface area contributed by atoms with Crippen molar-refractivity contribution in [3.05, 3.63) is 27.8 Å². The Morgan fingerprint density at radius 1 is 1.33 bits per heavy atom. The predicted molar refractivity (Wildman–Crippen MR) is 84.0 cm³/mol. The summed E-state index contributed by atoms with van der Waals surface area (Å²) < 4.78 is 6.74. The van der Waals surface area contributed by atoms with E-state index in [4.69, 9.17) is 10.5 Å². The first kappa shape index (κ1) is 15.1. The van der Waals surface area contributed by atoms with Gasteiger partial charge in [-0.15, -0.1) is 0 Å². The van der Waals surface area contributed by atoms with Gasteiger partial charge < -0.3 is 15.8 Å². The third-order valence-corrected chi connectivity index (χ3v) is 2.68. The molecule has 0 aliphatic carbocycles. The molecule has 1 aromatic rings. The van der Waals surface area contributed by atoms with Crippen LogP contribution < -0.4 is 15.8 Å². The molecule has 100 valence electrons. The minimum atomic E-state index is -0.0649. The van der Waals surface area contributed by atoms with Gasteiger partial charge in [0.05, 0.1) is 6.54 Å². The molecule has 0 aliphatic rings. The molecule has 0 atom stereocenters. The summed E-state index contributed by atoms with van der Waals surface area (Å²) in [6.45, 7) is 7.18. The quantitative estimate of drug-likeness (QED) is 0.375. The van der Waals surface area contributed by atoms with Gasteiger partial charge >= 0.3 is 0 Å². The van der Waals surface area contributed by atoms with Crippen LogP contribution in [-0.2, 0) is 0 Å². The zero-order valence-corrected chi connectivity index (χ0v) is 13.2. The molecule has 1 rings (SSSR count). The van der Waals surface area contributed by atoms with Crippen molar-refractivity contribution in [3.8, 4) is 5.75 Å². The number of nitrogens with two attached hydrogens (primary N) is 1. The van der Waals surface area contributed by atoms with Crippen molar-refractivity contribution < 1.29 is 4.74 Å². The second kappa shape index (κ2) is 6.82. The highest BCUT2D eigenvalue weighted by atomic mass is 127. The van der Waals surface area contributed by atoms with Gasteiger partial charge in [-0.05, 0) is 67.6 Å². The average Bonchev–Trinajstić information content (AvgIpc) is 2.24. The van der Waals surface area contributed by atoms with Gasteiger partial charge in [0.2, 0.25) is 0 Å². The van der Waals surface area contributed by atoms with Crippen LogP contribution in [0.4, 0.5) is 0 Å². The lowest BCUT2D eigenvalue weighted by Gasteiger charge is -2.20. The maximum atomic E-state index is 5.74. The second-order valence-electron chi connectivity index (χ2n) is 4.94. The Balaban J connectivity index is 2.30. The van der Waals surface area contributed by atoms with Crippen molar-refractivity contribution in [1.29, 1.82) is 0 Å². The molecule has 18 heavy (non-hydrogen) atoms. The van der Waals surface area contributed by atoms with Crippen LogP contribution in [0.1, 0.15) is 20.8 Å². The van der Waals surface area contributed by atoms with Crippen molar-refractivity contribution in [3.63, 3.8) is 0 Å². The Hall–Kier alpha value is -0.980. The molecule has 0 fully saturated rings. The number of hydrogen-bond donors (Lipinski definition) is 2. The maximum absolute atomic E-state index is 5.74. The molecule has 4 nitrogen and oxygen atoms in total. The summed E-state index contributed by atoms with van der Waals surface area (Å²) in [5.74, 6) is 1.31. The van der Waals surface area contributed by atoms with Crippen LogP contribution in [-0.4, -0.2) is 24.7 Å². The first-order valence-corrected chi connectivity index (χ1v) is 6.91. The molecule has 3 N–H and O–H groups in total. The molecule has 0 unspecified atom stereocenters. The molecule has 0 heterocycles. The number of benzene rings is 1. The van der Waals surface area contributed by atoms with Gasteiger partial charge in [0, 0.05) is 9.11 Å². The molecule has 0 radical (unpaired) electrons. The topological polar surface area (TPSA) is 59.6 Å². The summed E-state index contributed by atoms with van der Waals surface area (Å²) in [7, 11) is 0. The molecule has 0 spiro atoms. The van der Waals surface area contributed by atoms with Crippen molar-refractivity contribution in [2.24, 2.45) is 10.7 Å². The molecular weight excluding hydrogens is 341 g/mol. The molecule has 0 saturated heterocycles. The summed E-state index contributed by atoms with van der Waals surface area (Å²) in [5.41, 5.74) is 5.68. The van der Waals surface area contributed by atoms with E-state index in [1.807, 2.05) is 45.0 Å². The molecule has 0 aliphatic heterocycles. The molecule has 0 saturated carbocycles. The van der Waals surface area contributed by atoms with Crippen molar-refractivity contribution in [2.45, 2.75) is 26.3 Å². The number of ether oxygens (including phenoxy) is 1. The largest absolute Gasteiger partial charge is 0.492 e. The normalized spacial score (nSPS) is 12.3. The molecule has 5 heteroatoms. The fraction of sp³-hybridized carbons (Fsp3) is 0.462. The van der Waals surface area contributed by atoms with Gasteiger partial charge in [-0.2, -0.15) is 0 Å². The zero-order chi connectivity index (χ0) is 13.6. The SMILES string of the molecule is CC(C)(C)NC(N)=NCCOc1ccc(I)cc1. The van der Waals surface area contributed by atoms with E-state index in [1.165, 1.54) is 3.57 Å². The highest BCUT2D eigenvalue weighted by molar-refractivity contribution is 14.1. The number of nitrogens with one attached hydrogen (secondary N) is 1. The van der Waals surface area contributed by atoms with E-state index in [0.717, 1.165) is 5.75 Å². The molecule has 0 bridgehead atoms. The fourth-order valence-corrected chi connectivity index (χ4v) is 1.64. The summed E-state index contributed by atoms with van der Waals surface area (Å²) in [5, 5.41) is 3.10. The van der Waals surface area contributed by atoms with Gasteiger partial charge in [0.1, 0.15) is 12.4 Å². The summed E-state index contributed by atoms with van der Waals surface area (Å²) in [6, 6.07) is 7.91. The van der Waals surface area contributed by atoms with Gasteiger partial charge in [-0.25, -0.2) is 4.99 Å². The average molecular weight is 361 g/mol. The van der Waals surface area contributed by atoms with E-state index >= 15 is 0 Å². The number of hydrogen-bond acceptors (Lipinski definition) is 2. The monoisotopic (exact) mass is 361 g/mol.